The molecule has 84 valence electrons. The van der Waals surface area contributed by atoms with E-state index in [1.54, 1.807) is 0 Å². The number of hydrogen-bond donors (Lipinski definition) is 2. The molecule has 5 heteroatoms. The van der Waals surface area contributed by atoms with E-state index in [1.165, 1.54) is 6.07 Å². The Morgan fingerprint density at radius 2 is 2.25 bits per heavy atom. The summed E-state index contributed by atoms with van der Waals surface area (Å²) in [7, 11) is 0. The van der Waals surface area contributed by atoms with E-state index in [1.807, 2.05) is 0 Å². The summed E-state index contributed by atoms with van der Waals surface area (Å²) in [5.74, 6) is 3.21. The fourth-order valence-electron chi connectivity index (χ4n) is 1.04. The Labute approximate surface area is 97.0 Å². The predicted octanol–water partition coefficient (Wildman–Crippen LogP) is 1.88. The van der Waals surface area contributed by atoms with Gasteiger partial charge in [0.1, 0.15) is 5.82 Å². The third-order valence-electron chi connectivity index (χ3n) is 1.78. The number of benzene rings is 1. The van der Waals surface area contributed by atoms with E-state index in [0.29, 0.717) is 13.0 Å². The standard InChI is InChI=1S/C11H9ClFNO2/c12-9-5-7(3-1-2-4-14)10(13)6-8(9)11(15)16/h5-6H,2,4,14H2,(H,15,16). The molecule has 0 radical (unpaired) electrons. The van der Waals surface area contributed by atoms with Gasteiger partial charge in [0.25, 0.3) is 0 Å². The molecule has 1 aromatic rings. The number of carbonyl (C=O) groups is 1. The van der Waals surface area contributed by atoms with Gasteiger partial charge in [0.2, 0.25) is 0 Å². The van der Waals surface area contributed by atoms with Crippen LogP contribution in [0.1, 0.15) is 22.3 Å². The quantitative estimate of drug-likeness (QED) is 0.777. The summed E-state index contributed by atoms with van der Waals surface area (Å²) in [6, 6.07) is 2.06. The molecule has 3 N–H and O–H groups in total. The molecule has 0 aliphatic rings. The van der Waals surface area contributed by atoms with E-state index in [4.69, 9.17) is 22.4 Å². The zero-order valence-electron chi connectivity index (χ0n) is 8.26. The summed E-state index contributed by atoms with van der Waals surface area (Å²) in [4.78, 5) is 10.6. The summed E-state index contributed by atoms with van der Waals surface area (Å²) in [5.41, 5.74) is 5.02. The van der Waals surface area contributed by atoms with Gasteiger partial charge in [-0.2, -0.15) is 0 Å². The number of halogens is 2. The van der Waals surface area contributed by atoms with Gasteiger partial charge in [-0.1, -0.05) is 23.4 Å². The second-order valence-electron chi connectivity index (χ2n) is 2.96. The first-order valence-electron chi connectivity index (χ1n) is 4.47. The summed E-state index contributed by atoms with van der Waals surface area (Å²) >= 11 is 5.67. The lowest BCUT2D eigenvalue weighted by molar-refractivity contribution is 0.0696. The molecule has 0 aromatic heterocycles. The highest BCUT2D eigenvalue weighted by Gasteiger charge is 2.12. The Morgan fingerprint density at radius 1 is 1.56 bits per heavy atom. The normalized spacial score (nSPS) is 9.44. The summed E-state index contributed by atoms with van der Waals surface area (Å²) in [6.45, 7) is 0.384. The first kappa shape index (κ1) is 12.5. The number of rotatable bonds is 2. The van der Waals surface area contributed by atoms with E-state index >= 15 is 0 Å². The Morgan fingerprint density at radius 3 is 2.81 bits per heavy atom. The zero-order chi connectivity index (χ0) is 12.1. The third-order valence-corrected chi connectivity index (χ3v) is 2.09. The Balaban J connectivity index is 3.12. The fraction of sp³-hybridized carbons (Fsp3) is 0.182. The van der Waals surface area contributed by atoms with Crippen LogP contribution in [-0.2, 0) is 0 Å². The van der Waals surface area contributed by atoms with Crippen LogP contribution in [0.2, 0.25) is 5.02 Å². The van der Waals surface area contributed by atoms with Crippen LogP contribution in [0.25, 0.3) is 0 Å². The molecule has 0 aliphatic carbocycles. The molecule has 0 saturated carbocycles. The van der Waals surface area contributed by atoms with E-state index in [0.717, 1.165) is 6.07 Å². The van der Waals surface area contributed by atoms with Crippen LogP contribution in [0.3, 0.4) is 0 Å². The van der Waals surface area contributed by atoms with Gasteiger partial charge in [-0.05, 0) is 12.1 Å². The van der Waals surface area contributed by atoms with Crippen molar-refractivity contribution in [1.29, 1.82) is 0 Å². The van der Waals surface area contributed by atoms with Crippen LogP contribution in [0, 0.1) is 17.7 Å². The van der Waals surface area contributed by atoms with Gasteiger partial charge >= 0.3 is 5.97 Å². The molecular weight excluding hydrogens is 233 g/mol. The topological polar surface area (TPSA) is 63.3 Å². The molecule has 1 aromatic carbocycles. The molecule has 0 fully saturated rings. The minimum absolute atomic E-state index is 0.0362. The van der Waals surface area contributed by atoms with Gasteiger partial charge in [-0.3, -0.25) is 0 Å². The minimum Gasteiger partial charge on any atom is -0.478 e. The summed E-state index contributed by atoms with van der Waals surface area (Å²) in [5, 5.41) is 8.66. The second kappa shape index (κ2) is 5.50. The van der Waals surface area contributed by atoms with E-state index in [9.17, 15) is 9.18 Å². The highest BCUT2D eigenvalue weighted by molar-refractivity contribution is 6.33. The van der Waals surface area contributed by atoms with Gasteiger partial charge in [-0.15, -0.1) is 0 Å². The molecule has 0 heterocycles. The van der Waals surface area contributed by atoms with E-state index in [-0.39, 0.29) is 16.1 Å². The minimum atomic E-state index is -1.27. The Hall–Kier alpha value is -1.57. The van der Waals surface area contributed by atoms with Gasteiger partial charge < -0.3 is 10.8 Å². The van der Waals surface area contributed by atoms with Crippen LogP contribution in [-0.4, -0.2) is 17.6 Å². The molecule has 0 saturated heterocycles. The van der Waals surface area contributed by atoms with Crippen molar-refractivity contribution < 1.29 is 14.3 Å². The van der Waals surface area contributed by atoms with Crippen LogP contribution in [0.15, 0.2) is 12.1 Å². The van der Waals surface area contributed by atoms with Crippen molar-refractivity contribution >= 4 is 17.6 Å². The molecule has 0 atom stereocenters. The number of aromatic carboxylic acids is 1. The van der Waals surface area contributed by atoms with Crippen molar-refractivity contribution in [3.63, 3.8) is 0 Å². The molecule has 1 rings (SSSR count). The van der Waals surface area contributed by atoms with Crippen LogP contribution in [0.4, 0.5) is 4.39 Å². The number of carboxylic acids is 1. The average Bonchev–Trinajstić information content (AvgIpc) is 2.22. The maximum atomic E-state index is 13.4. The third kappa shape index (κ3) is 2.96. The van der Waals surface area contributed by atoms with Gasteiger partial charge in [0.15, 0.2) is 0 Å². The van der Waals surface area contributed by atoms with Crippen LogP contribution in [0.5, 0.6) is 0 Å². The Bertz CT molecular complexity index is 477. The highest BCUT2D eigenvalue weighted by atomic mass is 35.5. The molecule has 0 unspecified atom stereocenters. The summed E-state index contributed by atoms with van der Waals surface area (Å²) < 4.78 is 13.4. The van der Waals surface area contributed by atoms with Crippen molar-refractivity contribution in [2.75, 3.05) is 6.54 Å². The first-order valence-corrected chi connectivity index (χ1v) is 4.85. The molecule has 0 aliphatic heterocycles. The second-order valence-corrected chi connectivity index (χ2v) is 3.36. The van der Waals surface area contributed by atoms with Crippen molar-refractivity contribution in [3.8, 4) is 11.8 Å². The lowest BCUT2D eigenvalue weighted by Crippen LogP contribution is -2.00. The van der Waals surface area contributed by atoms with Gasteiger partial charge in [-0.25, -0.2) is 9.18 Å². The number of carboxylic acid groups (broad SMARTS) is 1. The predicted molar refractivity (Wildman–Crippen MR) is 58.9 cm³/mol. The number of hydrogen-bond acceptors (Lipinski definition) is 2. The molecule has 0 amide bonds. The van der Waals surface area contributed by atoms with Crippen molar-refractivity contribution in [2.45, 2.75) is 6.42 Å². The Kier molecular flexibility index (Phi) is 4.29. The lowest BCUT2D eigenvalue weighted by atomic mass is 10.1. The van der Waals surface area contributed by atoms with E-state index in [2.05, 4.69) is 11.8 Å². The number of nitrogens with two attached hydrogens (primary N) is 1. The maximum Gasteiger partial charge on any atom is 0.337 e. The molecule has 0 bridgehead atoms. The van der Waals surface area contributed by atoms with E-state index < -0.39 is 11.8 Å². The monoisotopic (exact) mass is 241 g/mol. The van der Waals surface area contributed by atoms with Crippen molar-refractivity contribution in [3.05, 3.63) is 34.1 Å². The molecule has 0 spiro atoms. The fourth-order valence-corrected chi connectivity index (χ4v) is 1.28. The van der Waals surface area contributed by atoms with Crippen LogP contribution >= 0.6 is 11.6 Å². The highest BCUT2D eigenvalue weighted by Crippen LogP contribution is 2.20. The lowest BCUT2D eigenvalue weighted by Gasteiger charge is -2.00. The summed E-state index contributed by atoms with van der Waals surface area (Å²) in [6.07, 6.45) is 0.442. The van der Waals surface area contributed by atoms with Crippen LogP contribution < -0.4 is 5.73 Å². The molecule has 3 nitrogen and oxygen atoms in total. The first-order chi connectivity index (χ1) is 7.56. The van der Waals surface area contributed by atoms with Gasteiger partial charge in [0, 0.05) is 13.0 Å². The molecule has 16 heavy (non-hydrogen) atoms. The van der Waals surface area contributed by atoms with Gasteiger partial charge in [0.05, 0.1) is 16.1 Å². The van der Waals surface area contributed by atoms with Crippen molar-refractivity contribution in [1.82, 2.24) is 0 Å². The maximum absolute atomic E-state index is 13.4. The van der Waals surface area contributed by atoms with Crippen molar-refractivity contribution in [2.24, 2.45) is 5.73 Å². The smallest absolute Gasteiger partial charge is 0.337 e. The SMILES string of the molecule is NCCC#Cc1cc(Cl)c(C(=O)O)cc1F. The molecular formula is C11H9ClFNO2. The zero-order valence-corrected chi connectivity index (χ0v) is 9.01. The average molecular weight is 242 g/mol. The largest absolute Gasteiger partial charge is 0.478 e.